The molecule has 0 aliphatic carbocycles. The molecule has 25 heavy (non-hydrogen) atoms. The second-order valence-corrected chi connectivity index (χ2v) is 6.73. The molecular formula is C17H15FIN3O3. The van der Waals surface area contributed by atoms with Crippen LogP contribution in [0, 0.1) is 9.39 Å². The Hall–Kier alpha value is -2.20. The summed E-state index contributed by atoms with van der Waals surface area (Å²) in [5, 5.41) is 15.2. The molecule has 3 rings (SSSR count). The van der Waals surface area contributed by atoms with Gasteiger partial charge in [-0.2, -0.15) is 0 Å². The van der Waals surface area contributed by atoms with Gasteiger partial charge in [-0.3, -0.25) is 9.78 Å². The van der Waals surface area contributed by atoms with Crippen LogP contribution in [0.15, 0.2) is 41.1 Å². The lowest BCUT2D eigenvalue weighted by molar-refractivity contribution is 0.0897. The molecule has 1 aromatic carbocycles. The zero-order chi connectivity index (χ0) is 18.0. The molecule has 0 fully saturated rings. The van der Waals surface area contributed by atoms with Crippen LogP contribution in [0.3, 0.4) is 0 Å². The molecule has 0 saturated carbocycles. The lowest BCUT2D eigenvalue weighted by Gasteiger charge is -2.11. The number of amides is 1. The number of aliphatic hydroxyl groups excluding tert-OH is 1. The minimum atomic E-state index is -0.508. The minimum Gasteiger partial charge on any atom is -0.448 e. The van der Waals surface area contributed by atoms with E-state index in [2.05, 4.69) is 15.6 Å². The fourth-order valence-electron chi connectivity index (χ4n) is 2.29. The number of nitrogens with zero attached hydrogens (tertiary/aromatic N) is 1. The zero-order valence-corrected chi connectivity index (χ0v) is 15.4. The van der Waals surface area contributed by atoms with Gasteiger partial charge >= 0.3 is 0 Å². The van der Waals surface area contributed by atoms with E-state index < -0.39 is 17.8 Å². The predicted octanol–water partition coefficient (Wildman–Crippen LogP) is 3.43. The smallest absolute Gasteiger partial charge is 0.289 e. The summed E-state index contributed by atoms with van der Waals surface area (Å²) in [7, 11) is 0. The van der Waals surface area contributed by atoms with Crippen molar-refractivity contribution in [2.75, 3.05) is 11.9 Å². The number of aromatic nitrogens is 1. The molecule has 0 spiro atoms. The summed E-state index contributed by atoms with van der Waals surface area (Å²) >= 11 is 2.02. The van der Waals surface area contributed by atoms with E-state index in [9.17, 15) is 9.18 Å². The van der Waals surface area contributed by atoms with Crippen molar-refractivity contribution in [2.45, 2.75) is 13.0 Å². The second-order valence-electron chi connectivity index (χ2n) is 5.48. The quantitative estimate of drug-likeness (QED) is 0.514. The highest BCUT2D eigenvalue weighted by Crippen LogP contribution is 2.33. The van der Waals surface area contributed by atoms with Gasteiger partial charge < -0.3 is 20.2 Å². The summed E-state index contributed by atoms with van der Waals surface area (Å²) in [6.45, 7) is 1.45. The summed E-state index contributed by atoms with van der Waals surface area (Å²) in [6, 6.07) is 5.90. The van der Waals surface area contributed by atoms with E-state index in [1.54, 1.807) is 31.3 Å². The SMILES string of the molecule is C[C@@H](CO)NC(=O)c1oc2ccncc2c1Nc1ccc(I)cc1F. The Morgan fingerprint density at radius 1 is 1.44 bits per heavy atom. The van der Waals surface area contributed by atoms with Crippen LogP contribution in [-0.4, -0.2) is 28.6 Å². The van der Waals surface area contributed by atoms with Crippen LogP contribution in [-0.2, 0) is 0 Å². The second kappa shape index (κ2) is 7.36. The number of hydrogen-bond donors (Lipinski definition) is 3. The highest BCUT2D eigenvalue weighted by molar-refractivity contribution is 14.1. The van der Waals surface area contributed by atoms with Gasteiger partial charge in [0.1, 0.15) is 17.1 Å². The molecule has 0 aliphatic rings. The predicted molar refractivity (Wildman–Crippen MR) is 100 cm³/mol. The number of rotatable bonds is 5. The molecule has 0 aliphatic heterocycles. The maximum atomic E-state index is 14.2. The molecule has 1 amide bonds. The van der Waals surface area contributed by atoms with Gasteiger partial charge in [-0.15, -0.1) is 0 Å². The van der Waals surface area contributed by atoms with Crippen LogP contribution in [0.2, 0.25) is 0 Å². The minimum absolute atomic E-state index is 0.00116. The summed E-state index contributed by atoms with van der Waals surface area (Å²) < 4.78 is 20.6. The molecule has 0 unspecified atom stereocenters. The van der Waals surface area contributed by atoms with E-state index in [-0.39, 0.29) is 18.1 Å². The van der Waals surface area contributed by atoms with Crippen molar-refractivity contribution in [3.63, 3.8) is 0 Å². The molecule has 3 N–H and O–H groups in total. The first-order valence-corrected chi connectivity index (χ1v) is 8.57. The summed E-state index contributed by atoms with van der Waals surface area (Å²) in [5.41, 5.74) is 0.993. The normalized spacial score (nSPS) is 12.2. The van der Waals surface area contributed by atoms with E-state index >= 15 is 0 Å². The number of fused-ring (bicyclic) bond motifs is 1. The Balaban J connectivity index is 2.05. The molecule has 0 saturated heterocycles. The van der Waals surface area contributed by atoms with Crippen LogP contribution in [0.5, 0.6) is 0 Å². The van der Waals surface area contributed by atoms with Gasteiger partial charge in [-0.1, -0.05) is 0 Å². The third-order valence-corrected chi connectivity index (χ3v) is 4.21. The lowest BCUT2D eigenvalue weighted by atomic mass is 10.2. The van der Waals surface area contributed by atoms with E-state index in [1.165, 1.54) is 12.3 Å². The van der Waals surface area contributed by atoms with Crippen LogP contribution in [0.4, 0.5) is 15.8 Å². The highest BCUT2D eigenvalue weighted by Gasteiger charge is 2.22. The molecule has 0 radical (unpaired) electrons. The standard InChI is InChI=1S/C17H15FIN3O3/c1-9(8-23)21-17(24)16-15(11-7-20-5-4-14(11)25-16)22-13-3-2-10(19)6-12(13)18/h2-7,9,22-23H,8H2,1H3,(H,21,24)/t9-/m0/s1. The van der Waals surface area contributed by atoms with Crippen molar-refractivity contribution in [1.29, 1.82) is 0 Å². The van der Waals surface area contributed by atoms with Gasteiger partial charge in [0, 0.05) is 22.0 Å². The number of halogens is 2. The number of pyridine rings is 1. The molecule has 6 nitrogen and oxygen atoms in total. The first-order valence-electron chi connectivity index (χ1n) is 7.50. The van der Waals surface area contributed by atoms with Crippen LogP contribution < -0.4 is 10.6 Å². The molecular weight excluding hydrogens is 440 g/mol. The van der Waals surface area contributed by atoms with E-state index in [4.69, 9.17) is 9.52 Å². The van der Waals surface area contributed by atoms with Gasteiger partial charge in [0.15, 0.2) is 0 Å². The number of anilines is 2. The fraction of sp³-hybridized carbons (Fsp3) is 0.176. The number of benzene rings is 1. The van der Waals surface area contributed by atoms with E-state index in [1.807, 2.05) is 22.6 Å². The highest BCUT2D eigenvalue weighted by atomic mass is 127. The first-order chi connectivity index (χ1) is 12.0. The number of carbonyl (C=O) groups is 1. The Morgan fingerprint density at radius 3 is 2.96 bits per heavy atom. The van der Waals surface area contributed by atoms with Crippen molar-refractivity contribution in [2.24, 2.45) is 0 Å². The first kappa shape index (κ1) is 17.6. The van der Waals surface area contributed by atoms with Crippen molar-refractivity contribution < 1.29 is 18.7 Å². The summed E-state index contributed by atoms with van der Waals surface area (Å²) in [6.07, 6.45) is 3.08. The molecule has 2 aromatic heterocycles. The van der Waals surface area contributed by atoms with Crippen LogP contribution in [0.25, 0.3) is 11.0 Å². The summed E-state index contributed by atoms with van der Waals surface area (Å²) in [4.78, 5) is 16.5. The van der Waals surface area contributed by atoms with Crippen molar-refractivity contribution in [3.05, 3.63) is 51.8 Å². The average molecular weight is 455 g/mol. The number of carbonyl (C=O) groups excluding carboxylic acids is 1. The lowest BCUT2D eigenvalue weighted by Crippen LogP contribution is -2.35. The maximum absolute atomic E-state index is 14.2. The number of hydrogen-bond acceptors (Lipinski definition) is 5. The zero-order valence-electron chi connectivity index (χ0n) is 13.2. The van der Waals surface area contributed by atoms with Gasteiger partial charge in [-0.05, 0) is 53.8 Å². The fourth-order valence-corrected chi connectivity index (χ4v) is 2.74. The van der Waals surface area contributed by atoms with Crippen LogP contribution >= 0.6 is 22.6 Å². The third-order valence-electron chi connectivity index (χ3n) is 3.54. The molecule has 130 valence electrons. The Labute approximate surface area is 156 Å². The molecule has 2 heterocycles. The third kappa shape index (κ3) is 3.74. The number of aliphatic hydroxyl groups is 1. The van der Waals surface area contributed by atoms with E-state index in [0.29, 0.717) is 16.7 Å². The van der Waals surface area contributed by atoms with Crippen molar-refractivity contribution in [1.82, 2.24) is 10.3 Å². The van der Waals surface area contributed by atoms with Crippen molar-refractivity contribution in [3.8, 4) is 0 Å². The molecule has 1 atom stereocenters. The average Bonchev–Trinajstić information content (AvgIpc) is 2.96. The number of nitrogens with one attached hydrogen (secondary N) is 2. The largest absolute Gasteiger partial charge is 0.448 e. The maximum Gasteiger partial charge on any atom is 0.289 e. The van der Waals surface area contributed by atoms with Gasteiger partial charge in [-0.25, -0.2) is 4.39 Å². The van der Waals surface area contributed by atoms with Gasteiger partial charge in [0.25, 0.3) is 5.91 Å². The van der Waals surface area contributed by atoms with E-state index in [0.717, 1.165) is 3.57 Å². The van der Waals surface area contributed by atoms with Crippen LogP contribution in [0.1, 0.15) is 17.5 Å². The molecule has 3 aromatic rings. The number of furan rings is 1. The topological polar surface area (TPSA) is 87.4 Å². The Bertz CT molecular complexity index is 929. The monoisotopic (exact) mass is 455 g/mol. The molecule has 0 bridgehead atoms. The van der Waals surface area contributed by atoms with Gasteiger partial charge in [0.05, 0.1) is 17.7 Å². The Morgan fingerprint density at radius 2 is 2.24 bits per heavy atom. The van der Waals surface area contributed by atoms with Gasteiger partial charge in [0.2, 0.25) is 5.76 Å². The molecule has 8 heteroatoms. The van der Waals surface area contributed by atoms with Crippen molar-refractivity contribution >= 4 is 50.8 Å². The Kier molecular flexibility index (Phi) is 5.19. The summed E-state index contributed by atoms with van der Waals surface area (Å²) in [5.74, 6) is -0.951.